The SMILES string of the molecule is C[C@H](C=CC=O)[C@H]1CC[C@H]2[C@@H]3C[C@H](OC(C)(C)C)C4C[C@H](OC(C)(C)C)CC[C@]4(C)[C@H]3CC[C@]12C. The molecule has 0 heterocycles. The molecule has 4 aliphatic carbocycles. The van der Waals surface area contributed by atoms with Crippen molar-refractivity contribution in [2.75, 3.05) is 0 Å². The molecule has 4 aliphatic rings. The predicted octanol–water partition coefficient (Wildman–Crippen LogP) is 8.01. The summed E-state index contributed by atoms with van der Waals surface area (Å²) in [6.07, 6.45) is 15.7. The van der Waals surface area contributed by atoms with Crippen molar-refractivity contribution < 1.29 is 14.3 Å². The first-order valence-electron chi connectivity index (χ1n) is 14.7. The average molecular weight is 487 g/mol. The van der Waals surface area contributed by atoms with E-state index in [0.29, 0.717) is 40.8 Å². The second-order valence-corrected chi connectivity index (χ2v) is 15.2. The molecule has 3 nitrogen and oxygen atoms in total. The van der Waals surface area contributed by atoms with Crippen molar-refractivity contribution in [3.8, 4) is 0 Å². The van der Waals surface area contributed by atoms with Gasteiger partial charge in [0.1, 0.15) is 6.29 Å². The van der Waals surface area contributed by atoms with Gasteiger partial charge in [-0.05, 0) is 145 Å². The van der Waals surface area contributed by atoms with Gasteiger partial charge in [-0.2, -0.15) is 0 Å². The number of hydrogen-bond donors (Lipinski definition) is 0. The summed E-state index contributed by atoms with van der Waals surface area (Å²) in [7, 11) is 0. The number of fused-ring (bicyclic) bond motifs is 5. The van der Waals surface area contributed by atoms with E-state index in [0.717, 1.165) is 30.5 Å². The zero-order valence-corrected chi connectivity index (χ0v) is 24.2. The van der Waals surface area contributed by atoms with Crippen LogP contribution in [0.2, 0.25) is 0 Å². The van der Waals surface area contributed by atoms with E-state index in [-0.39, 0.29) is 11.2 Å². The van der Waals surface area contributed by atoms with E-state index in [1.165, 1.54) is 44.9 Å². The van der Waals surface area contributed by atoms with Crippen molar-refractivity contribution >= 4 is 6.29 Å². The summed E-state index contributed by atoms with van der Waals surface area (Å²) in [5.41, 5.74) is 0.520. The summed E-state index contributed by atoms with van der Waals surface area (Å²) in [5, 5.41) is 0. The van der Waals surface area contributed by atoms with Gasteiger partial charge in [0, 0.05) is 0 Å². The molecule has 1 unspecified atom stereocenters. The lowest BCUT2D eigenvalue weighted by Gasteiger charge is -2.63. The summed E-state index contributed by atoms with van der Waals surface area (Å²) in [4.78, 5) is 11.0. The second kappa shape index (κ2) is 9.57. The zero-order chi connectivity index (χ0) is 25.8. The van der Waals surface area contributed by atoms with E-state index in [1.807, 2.05) is 0 Å². The highest BCUT2D eigenvalue weighted by Crippen LogP contribution is 2.68. The van der Waals surface area contributed by atoms with E-state index >= 15 is 0 Å². The van der Waals surface area contributed by atoms with Crippen molar-refractivity contribution in [2.45, 2.75) is 137 Å². The largest absolute Gasteiger partial charge is 0.373 e. The van der Waals surface area contributed by atoms with Crippen LogP contribution in [0.3, 0.4) is 0 Å². The fourth-order valence-electron chi connectivity index (χ4n) is 9.68. The van der Waals surface area contributed by atoms with Crippen LogP contribution in [0.5, 0.6) is 0 Å². The van der Waals surface area contributed by atoms with Gasteiger partial charge in [0.25, 0.3) is 0 Å². The molecule has 35 heavy (non-hydrogen) atoms. The van der Waals surface area contributed by atoms with Crippen LogP contribution in [0, 0.1) is 46.3 Å². The lowest BCUT2D eigenvalue weighted by molar-refractivity contribution is -0.219. The highest BCUT2D eigenvalue weighted by Gasteiger charge is 2.63. The number of allylic oxidation sites excluding steroid dienone is 2. The Balaban J connectivity index is 1.62. The van der Waals surface area contributed by atoms with Crippen LogP contribution in [0.15, 0.2) is 12.2 Å². The molecular formula is C32H54O3. The second-order valence-electron chi connectivity index (χ2n) is 15.2. The molecule has 0 bridgehead atoms. The maximum Gasteiger partial charge on any atom is 0.142 e. The van der Waals surface area contributed by atoms with Crippen LogP contribution in [0.4, 0.5) is 0 Å². The Morgan fingerprint density at radius 1 is 0.800 bits per heavy atom. The van der Waals surface area contributed by atoms with Gasteiger partial charge < -0.3 is 9.47 Å². The third-order valence-electron chi connectivity index (χ3n) is 10.8. The molecule has 4 saturated carbocycles. The first-order valence-corrected chi connectivity index (χ1v) is 14.7. The summed E-state index contributed by atoms with van der Waals surface area (Å²) in [6, 6.07) is 0. The fourth-order valence-corrected chi connectivity index (χ4v) is 9.68. The molecular weight excluding hydrogens is 432 g/mol. The Hall–Kier alpha value is -0.670. The first-order chi connectivity index (χ1) is 16.2. The van der Waals surface area contributed by atoms with E-state index in [4.69, 9.17) is 9.47 Å². The molecule has 0 aliphatic heterocycles. The molecule has 0 saturated heterocycles. The van der Waals surface area contributed by atoms with E-state index in [9.17, 15) is 4.79 Å². The van der Waals surface area contributed by atoms with Gasteiger partial charge in [-0.25, -0.2) is 0 Å². The number of aldehydes is 1. The van der Waals surface area contributed by atoms with Crippen LogP contribution < -0.4 is 0 Å². The highest BCUT2D eigenvalue weighted by atomic mass is 16.5. The number of carbonyl (C=O) groups excluding carboxylic acids is 1. The molecule has 0 radical (unpaired) electrons. The minimum absolute atomic E-state index is 0.0868. The zero-order valence-electron chi connectivity index (χ0n) is 24.2. The van der Waals surface area contributed by atoms with E-state index in [2.05, 4.69) is 68.4 Å². The van der Waals surface area contributed by atoms with Crippen LogP contribution in [0.25, 0.3) is 0 Å². The maximum atomic E-state index is 11.0. The monoisotopic (exact) mass is 486 g/mol. The minimum Gasteiger partial charge on any atom is -0.373 e. The Bertz CT molecular complexity index is 788. The molecule has 0 aromatic carbocycles. The third kappa shape index (κ3) is 5.33. The number of rotatable bonds is 5. The Morgan fingerprint density at radius 2 is 1.43 bits per heavy atom. The summed E-state index contributed by atoms with van der Waals surface area (Å²) in [6.45, 7) is 20.9. The van der Waals surface area contributed by atoms with Crippen LogP contribution in [-0.4, -0.2) is 29.7 Å². The summed E-state index contributed by atoms with van der Waals surface area (Å²) < 4.78 is 13.5. The molecule has 0 aromatic rings. The molecule has 0 aromatic heterocycles. The van der Waals surface area contributed by atoms with Crippen molar-refractivity contribution in [1.29, 1.82) is 0 Å². The predicted molar refractivity (Wildman–Crippen MR) is 144 cm³/mol. The molecule has 0 spiro atoms. The Morgan fingerprint density at radius 3 is 2.06 bits per heavy atom. The van der Waals surface area contributed by atoms with Crippen LogP contribution in [0.1, 0.15) is 114 Å². The smallest absolute Gasteiger partial charge is 0.142 e. The molecule has 10 atom stereocenters. The van der Waals surface area contributed by atoms with Gasteiger partial charge in [-0.3, -0.25) is 4.79 Å². The van der Waals surface area contributed by atoms with Crippen molar-refractivity contribution in [3.63, 3.8) is 0 Å². The molecule has 0 amide bonds. The third-order valence-corrected chi connectivity index (χ3v) is 10.8. The van der Waals surface area contributed by atoms with E-state index in [1.54, 1.807) is 6.08 Å². The van der Waals surface area contributed by atoms with Crippen molar-refractivity contribution in [1.82, 2.24) is 0 Å². The fraction of sp³-hybridized carbons (Fsp3) is 0.906. The maximum absolute atomic E-state index is 11.0. The topological polar surface area (TPSA) is 35.5 Å². The highest BCUT2D eigenvalue weighted by molar-refractivity contribution is 5.64. The van der Waals surface area contributed by atoms with Gasteiger partial charge in [0.2, 0.25) is 0 Å². The van der Waals surface area contributed by atoms with Crippen LogP contribution in [-0.2, 0) is 14.3 Å². The Kier molecular flexibility index (Phi) is 7.48. The number of carbonyl (C=O) groups is 1. The first kappa shape index (κ1) is 27.4. The lowest BCUT2D eigenvalue weighted by Crippen LogP contribution is -2.60. The molecule has 4 rings (SSSR count). The van der Waals surface area contributed by atoms with Crippen LogP contribution >= 0.6 is 0 Å². The number of ether oxygens (including phenoxy) is 2. The van der Waals surface area contributed by atoms with E-state index < -0.39 is 0 Å². The van der Waals surface area contributed by atoms with Gasteiger partial charge in [0.15, 0.2) is 0 Å². The van der Waals surface area contributed by atoms with Crippen molar-refractivity contribution in [3.05, 3.63) is 12.2 Å². The molecule has 3 heteroatoms. The Labute approximate surface area is 216 Å². The quantitative estimate of drug-likeness (QED) is 0.291. The standard InChI is InChI=1S/C32H54O3/c1-21(11-10-18-33)24-12-13-25-23-20-28(35-30(5,6)7)27-19-22(34-29(2,3)4)14-16-32(27,9)26(23)15-17-31(24,25)8/h10-11,18,21-28H,12-17,19-20H2,1-9H3/t21-,22-,23+,24-,25+,26+,27?,28+,31-,32-/m1/s1. The summed E-state index contributed by atoms with van der Waals surface area (Å²) >= 11 is 0. The minimum atomic E-state index is -0.124. The molecule has 0 N–H and O–H groups in total. The van der Waals surface area contributed by atoms with Gasteiger partial charge in [0.05, 0.1) is 23.4 Å². The van der Waals surface area contributed by atoms with Gasteiger partial charge in [-0.15, -0.1) is 0 Å². The van der Waals surface area contributed by atoms with Gasteiger partial charge in [-0.1, -0.05) is 26.8 Å². The summed E-state index contributed by atoms with van der Waals surface area (Å²) in [5.74, 6) is 4.10. The average Bonchev–Trinajstić information content (AvgIpc) is 3.08. The van der Waals surface area contributed by atoms with Crippen molar-refractivity contribution in [2.24, 2.45) is 46.3 Å². The molecule has 200 valence electrons. The normalized spacial score (nSPS) is 45.0. The van der Waals surface area contributed by atoms with Gasteiger partial charge >= 0.3 is 0 Å². The number of hydrogen-bond acceptors (Lipinski definition) is 3. The molecule has 4 fully saturated rings. The lowest BCUT2D eigenvalue weighted by atomic mass is 9.43.